The third-order valence-corrected chi connectivity index (χ3v) is 4.98. The van der Waals surface area contributed by atoms with Gasteiger partial charge in [-0.15, -0.1) is 0 Å². The van der Waals surface area contributed by atoms with Gasteiger partial charge in [0, 0.05) is 12.3 Å². The van der Waals surface area contributed by atoms with Crippen LogP contribution in [0.2, 0.25) is 0 Å². The average molecular weight is 311 g/mol. The van der Waals surface area contributed by atoms with Gasteiger partial charge in [0.1, 0.15) is 5.75 Å². The molecule has 0 fully saturated rings. The second-order valence-corrected chi connectivity index (χ2v) is 7.88. The first-order valence-corrected chi connectivity index (χ1v) is 9.22. The Bertz CT molecular complexity index is 547. The maximum Gasteiger partial charge on any atom is 0.235 e. The molecule has 1 aromatic carbocycles. The van der Waals surface area contributed by atoms with E-state index in [2.05, 4.69) is 43.4 Å². The van der Waals surface area contributed by atoms with Gasteiger partial charge in [-0.25, -0.2) is 8.42 Å². The van der Waals surface area contributed by atoms with Gasteiger partial charge in [0.2, 0.25) is 5.91 Å². The van der Waals surface area contributed by atoms with Gasteiger partial charge >= 0.3 is 0 Å². The number of hydrogen-bond donors (Lipinski definition) is 1. The van der Waals surface area contributed by atoms with E-state index in [1.807, 2.05) is 0 Å². The third-order valence-electron chi connectivity index (χ3n) is 3.40. The average Bonchev–Trinajstić information content (AvgIpc) is 2.43. The lowest BCUT2D eigenvalue weighted by Gasteiger charge is -2.08. The zero-order valence-corrected chi connectivity index (χ0v) is 13.9. The summed E-state index contributed by atoms with van der Waals surface area (Å²) in [6.07, 6.45) is 1.68. The lowest BCUT2D eigenvalue weighted by atomic mass is 10.0. The van der Waals surface area contributed by atoms with Crippen LogP contribution in [0.4, 0.5) is 0 Å². The van der Waals surface area contributed by atoms with Crippen LogP contribution in [0.1, 0.15) is 44.2 Å². The normalized spacial score (nSPS) is 11.6. The number of sulfone groups is 1. The van der Waals surface area contributed by atoms with Crippen LogP contribution in [0.5, 0.6) is 0 Å². The van der Waals surface area contributed by atoms with E-state index >= 15 is 0 Å². The minimum Gasteiger partial charge on any atom is -0.355 e. The lowest BCUT2D eigenvalue weighted by molar-refractivity contribution is -0.118. The van der Waals surface area contributed by atoms with Crippen LogP contribution in [-0.2, 0) is 21.1 Å². The number of nitrogens with one attached hydrogen (secondary N) is 1. The van der Waals surface area contributed by atoms with Crippen molar-refractivity contribution < 1.29 is 13.2 Å². The molecule has 0 radical (unpaired) electrons. The molecule has 0 saturated carbocycles. The van der Waals surface area contributed by atoms with Gasteiger partial charge in [-0.1, -0.05) is 45.0 Å². The highest BCUT2D eigenvalue weighted by atomic mass is 32.2. The Balaban J connectivity index is 2.29. The molecule has 0 saturated heterocycles. The van der Waals surface area contributed by atoms with Gasteiger partial charge in [-0.3, -0.25) is 4.79 Å². The fourth-order valence-electron chi connectivity index (χ4n) is 1.94. The highest BCUT2D eigenvalue weighted by Crippen LogP contribution is 2.15. The number of amides is 1. The summed E-state index contributed by atoms with van der Waals surface area (Å²) in [5.41, 5.74) is 2.55. The smallest absolute Gasteiger partial charge is 0.235 e. The molecule has 1 rings (SSSR count). The van der Waals surface area contributed by atoms with E-state index in [0.717, 1.165) is 12.8 Å². The van der Waals surface area contributed by atoms with E-state index in [4.69, 9.17) is 0 Å². The van der Waals surface area contributed by atoms with Crippen molar-refractivity contribution in [2.75, 3.05) is 18.1 Å². The predicted molar refractivity (Wildman–Crippen MR) is 86.2 cm³/mol. The van der Waals surface area contributed by atoms with Crippen molar-refractivity contribution in [1.29, 1.82) is 0 Å². The van der Waals surface area contributed by atoms with Crippen molar-refractivity contribution in [1.82, 2.24) is 5.32 Å². The van der Waals surface area contributed by atoms with Crippen LogP contribution in [0, 0.1) is 0 Å². The van der Waals surface area contributed by atoms with Crippen LogP contribution in [0.25, 0.3) is 0 Å². The molecule has 0 aliphatic heterocycles. The summed E-state index contributed by atoms with van der Waals surface area (Å²) in [5.74, 6) is -0.291. The van der Waals surface area contributed by atoms with E-state index < -0.39 is 21.5 Å². The van der Waals surface area contributed by atoms with Gasteiger partial charge in [-0.2, -0.15) is 0 Å². The zero-order chi connectivity index (χ0) is 15.9. The van der Waals surface area contributed by atoms with Crippen LogP contribution >= 0.6 is 0 Å². The maximum absolute atomic E-state index is 11.5. The summed E-state index contributed by atoms with van der Waals surface area (Å²) in [7, 11) is -3.23. The van der Waals surface area contributed by atoms with E-state index in [0.29, 0.717) is 12.5 Å². The Hall–Kier alpha value is -1.36. The van der Waals surface area contributed by atoms with E-state index in [-0.39, 0.29) is 5.75 Å². The Morgan fingerprint density at radius 3 is 2.33 bits per heavy atom. The molecule has 4 nitrogen and oxygen atoms in total. The highest BCUT2D eigenvalue weighted by molar-refractivity contribution is 7.92. The molecule has 118 valence electrons. The summed E-state index contributed by atoms with van der Waals surface area (Å²) in [6.45, 7) is 6.37. The first-order valence-electron chi connectivity index (χ1n) is 7.40. The third kappa shape index (κ3) is 6.76. The molecule has 0 atom stereocenters. The van der Waals surface area contributed by atoms with E-state index in [1.165, 1.54) is 11.1 Å². The molecule has 0 aliphatic carbocycles. The van der Waals surface area contributed by atoms with Gasteiger partial charge in [0.25, 0.3) is 0 Å². The molecular formula is C16H25NO3S. The quantitative estimate of drug-likeness (QED) is 0.749. The van der Waals surface area contributed by atoms with E-state index in [1.54, 1.807) is 6.92 Å². The van der Waals surface area contributed by atoms with E-state index in [9.17, 15) is 13.2 Å². The van der Waals surface area contributed by atoms with Crippen LogP contribution in [0.15, 0.2) is 24.3 Å². The Labute approximate surface area is 127 Å². The summed E-state index contributed by atoms with van der Waals surface area (Å²) < 4.78 is 22.6. The molecule has 1 aromatic rings. The lowest BCUT2D eigenvalue weighted by Crippen LogP contribution is -2.31. The molecule has 0 aliphatic rings. The second kappa shape index (κ2) is 8.17. The first-order chi connectivity index (χ1) is 9.84. The molecule has 5 heteroatoms. The molecule has 0 unspecified atom stereocenters. The van der Waals surface area contributed by atoms with Gasteiger partial charge in [0.05, 0.1) is 0 Å². The first kappa shape index (κ1) is 17.7. The Kier molecular flexibility index (Phi) is 6.89. The van der Waals surface area contributed by atoms with Crippen molar-refractivity contribution in [2.24, 2.45) is 0 Å². The van der Waals surface area contributed by atoms with Crippen LogP contribution in [0.3, 0.4) is 0 Å². The summed E-state index contributed by atoms with van der Waals surface area (Å²) in [6, 6.07) is 8.48. The minimum absolute atomic E-state index is 0.00260. The van der Waals surface area contributed by atoms with Gasteiger partial charge < -0.3 is 5.32 Å². The molecule has 0 bridgehead atoms. The monoisotopic (exact) mass is 311 g/mol. The van der Waals surface area contributed by atoms with Crippen LogP contribution in [-0.4, -0.2) is 32.4 Å². The summed E-state index contributed by atoms with van der Waals surface area (Å²) in [5, 5.41) is 2.65. The SMILES string of the molecule is CCS(=O)(=O)CC(=O)NCCCc1ccc(C(C)C)cc1. The Morgan fingerprint density at radius 2 is 1.81 bits per heavy atom. The largest absolute Gasteiger partial charge is 0.355 e. The molecule has 1 amide bonds. The topological polar surface area (TPSA) is 63.2 Å². The molecule has 0 heterocycles. The van der Waals surface area contributed by atoms with Crippen molar-refractivity contribution in [2.45, 2.75) is 39.5 Å². The summed E-state index contributed by atoms with van der Waals surface area (Å²) >= 11 is 0. The molecular weight excluding hydrogens is 286 g/mol. The van der Waals surface area contributed by atoms with Gasteiger partial charge in [0.15, 0.2) is 9.84 Å². The number of carbonyl (C=O) groups excluding carboxylic acids is 1. The van der Waals surface area contributed by atoms with Crippen molar-refractivity contribution in [3.05, 3.63) is 35.4 Å². The summed E-state index contributed by atoms with van der Waals surface area (Å²) in [4.78, 5) is 11.5. The molecule has 1 N–H and O–H groups in total. The fraction of sp³-hybridized carbons (Fsp3) is 0.562. The number of rotatable bonds is 8. The Morgan fingerprint density at radius 1 is 1.19 bits per heavy atom. The number of benzene rings is 1. The van der Waals surface area contributed by atoms with Crippen molar-refractivity contribution >= 4 is 15.7 Å². The minimum atomic E-state index is -3.23. The van der Waals surface area contributed by atoms with Gasteiger partial charge in [-0.05, 0) is 29.9 Å². The molecule has 0 aromatic heterocycles. The van der Waals surface area contributed by atoms with Crippen molar-refractivity contribution in [3.63, 3.8) is 0 Å². The van der Waals surface area contributed by atoms with Crippen LogP contribution < -0.4 is 5.32 Å². The molecule has 0 spiro atoms. The number of carbonyl (C=O) groups is 1. The second-order valence-electron chi connectivity index (χ2n) is 5.53. The zero-order valence-electron chi connectivity index (χ0n) is 13.1. The van der Waals surface area contributed by atoms with Crippen molar-refractivity contribution in [3.8, 4) is 0 Å². The molecule has 21 heavy (non-hydrogen) atoms. The maximum atomic E-state index is 11.5. The number of aryl methyl sites for hydroxylation is 1. The fourth-order valence-corrected chi connectivity index (χ4v) is 2.65. The number of hydrogen-bond acceptors (Lipinski definition) is 3. The highest BCUT2D eigenvalue weighted by Gasteiger charge is 2.13. The predicted octanol–water partition coefficient (Wildman–Crippen LogP) is 2.29. The standard InChI is InChI=1S/C16H25NO3S/c1-4-21(19,20)12-16(18)17-11-5-6-14-7-9-15(10-8-14)13(2)3/h7-10,13H,4-6,11-12H2,1-3H3,(H,17,18).